The fourth-order valence-corrected chi connectivity index (χ4v) is 2.09. The predicted molar refractivity (Wildman–Crippen MR) is 78.3 cm³/mol. The Morgan fingerprint density at radius 2 is 2.20 bits per heavy atom. The predicted octanol–water partition coefficient (Wildman–Crippen LogP) is 1.58. The number of aliphatic hydroxyl groups is 1. The summed E-state index contributed by atoms with van der Waals surface area (Å²) in [7, 11) is 0. The van der Waals surface area contributed by atoms with Crippen molar-refractivity contribution in [1.82, 2.24) is 0 Å². The SMILES string of the molecule is Cl.NC(CO)Cc1ccc(OC2CCCCO2)cc1O. The van der Waals surface area contributed by atoms with Gasteiger partial charge in [0.25, 0.3) is 0 Å². The van der Waals surface area contributed by atoms with Crippen molar-refractivity contribution >= 4 is 12.4 Å². The lowest BCUT2D eigenvalue weighted by molar-refractivity contribution is -0.105. The number of benzene rings is 1. The number of hydrogen-bond acceptors (Lipinski definition) is 5. The highest BCUT2D eigenvalue weighted by molar-refractivity contribution is 5.85. The monoisotopic (exact) mass is 303 g/mol. The smallest absolute Gasteiger partial charge is 0.199 e. The number of hydrogen-bond donors (Lipinski definition) is 3. The van der Waals surface area contributed by atoms with Crippen molar-refractivity contribution < 1.29 is 19.7 Å². The second kappa shape index (κ2) is 8.32. The molecule has 6 heteroatoms. The molecule has 1 aromatic rings. The van der Waals surface area contributed by atoms with Crippen molar-refractivity contribution in [3.63, 3.8) is 0 Å². The maximum absolute atomic E-state index is 9.91. The van der Waals surface area contributed by atoms with E-state index in [1.807, 2.05) is 0 Å². The molecular formula is C14H22ClNO4. The molecule has 114 valence electrons. The van der Waals surface area contributed by atoms with Crippen LogP contribution in [0.3, 0.4) is 0 Å². The number of rotatable bonds is 5. The van der Waals surface area contributed by atoms with Gasteiger partial charge in [-0.05, 0) is 30.9 Å². The number of phenols is 1. The molecule has 0 amide bonds. The molecule has 20 heavy (non-hydrogen) atoms. The number of aliphatic hydroxyl groups excluding tert-OH is 1. The Hall–Kier alpha value is -1.01. The fraction of sp³-hybridized carbons (Fsp3) is 0.571. The van der Waals surface area contributed by atoms with Crippen molar-refractivity contribution in [2.45, 2.75) is 38.0 Å². The van der Waals surface area contributed by atoms with Crippen molar-refractivity contribution in [2.75, 3.05) is 13.2 Å². The first kappa shape index (κ1) is 17.0. The van der Waals surface area contributed by atoms with Crippen LogP contribution in [0, 0.1) is 0 Å². The molecule has 0 bridgehead atoms. The van der Waals surface area contributed by atoms with E-state index in [9.17, 15) is 5.11 Å². The van der Waals surface area contributed by atoms with Gasteiger partial charge in [0.05, 0.1) is 13.2 Å². The van der Waals surface area contributed by atoms with Crippen LogP contribution < -0.4 is 10.5 Å². The third kappa shape index (κ3) is 4.83. The van der Waals surface area contributed by atoms with Crippen LogP contribution in [0.25, 0.3) is 0 Å². The Morgan fingerprint density at radius 3 is 2.80 bits per heavy atom. The first-order valence-corrected chi connectivity index (χ1v) is 6.65. The standard InChI is InChI=1S/C14H21NO4.ClH/c15-11(9-16)7-10-4-5-12(8-13(10)17)19-14-3-1-2-6-18-14;/h4-5,8,11,14,16-17H,1-3,6-7,9,15H2;1H. The van der Waals surface area contributed by atoms with E-state index in [-0.39, 0.29) is 37.1 Å². The van der Waals surface area contributed by atoms with Gasteiger partial charge < -0.3 is 25.4 Å². The highest BCUT2D eigenvalue weighted by atomic mass is 35.5. The summed E-state index contributed by atoms with van der Waals surface area (Å²) >= 11 is 0. The van der Waals surface area contributed by atoms with E-state index in [2.05, 4.69) is 0 Å². The van der Waals surface area contributed by atoms with E-state index >= 15 is 0 Å². The average molecular weight is 304 g/mol. The lowest BCUT2D eigenvalue weighted by atomic mass is 10.1. The molecule has 2 unspecified atom stereocenters. The van der Waals surface area contributed by atoms with E-state index in [0.717, 1.165) is 25.9 Å². The first-order chi connectivity index (χ1) is 9.19. The molecule has 4 N–H and O–H groups in total. The molecule has 1 aliphatic heterocycles. The molecule has 0 saturated carbocycles. The lowest BCUT2D eigenvalue weighted by Gasteiger charge is -2.23. The van der Waals surface area contributed by atoms with Crippen LogP contribution in [-0.2, 0) is 11.2 Å². The molecule has 5 nitrogen and oxygen atoms in total. The molecule has 1 aromatic carbocycles. The molecule has 2 rings (SSSR count). The minimum absolute atomic E-state index is 0. The number of ether oxygens (including phenoxy) is 2. The van der Waals surface area contributed by atoms with Crippen molar-refractivity contribution in [3.05, 3.63) is 23.8 Å². The maximum Gasteiger partial charge on any atom is 0.199 e. The van der Waals surface area contributed by atoms with Gasteiger partial charge in [0.2, 0.25) is 0 Å². The van der Waals surface area contributed by atoms with Crippen LogP contribution in [-0.4, -0.2) is 35.8 Å². The van der Waals surface area contributed by atoms with Crippen LogP contribution in [0.15, 0.2) is 18.2 Å². The summed E-state index contributed by atoms with van der Waals surface area (Å²) in [5.74, 6) is 0.725. The van der Waals surface area contributed by atoms with Gasteiger partial charge in [-0.15, -0.1) is 12.4 Å². The molecular weight excluding hydrogens is 282 g/mol. The fourth-order valence-electron chi connectivity index (χ4n) is 2.09. The second-order valence-electron chi connectivity index (χ2n) is 4.85. The summed E-state index contributed by atoms with van der Waals surface area (Å²) in [5, 5.41) is 18.8. The molecule has 1 saturated heterocycles. The van der Waals surface area contributed by atoms with Crippen LogP contribution in [0.2, 0.25) is 0 Å². The van der Waals surface area contributed by atoms with Gasteiger partial charge in [-0.1, -0.05) is 6.07 Å². The first-order valence-electron chi connectivity index (χ1n) is 6.65. The Balaban J connectivity index is 0.00000200. The van der Waals surface area contributed by atoms with Crippen LogP contribution in [0.5, 0.6) is 11.5 Å². The zero-order valence-electron chi connectivity index (χ0n) is 11.3. The summed E-state index contributed by atoms with van der Waals surface area (Å²) in [6.07, 6.45) is 3.25. The highest BCUT2D eigenvalue weighted by Crippen LogP contribution is 2.26. The Bertz CT molecular complexity index is 410. The lowest BCUT2D eigenvalue weighted by Crippen LogP contribution is -2.27. The van der Waals surface area contributed by atoms with E-state index in [0.29, 0.717) is 17.7 Å². The van der Waals surface area contributed by atoms with Crippen molar-refractivity contribution in [2.24, 2.45) is 5.73 Å². The Labute approximate surface area is 125 Å². The molecule has 1 aliphatic rings. The summed E-state index contributed by atoms with van der Waals surface area (Å²) in [5.41, 5.74) is 6.36. The van der Waals surface area contributed by atoms with Crippen LogP contribution in [0.1, 0.15) is 24.8 Å². The van der Waals surface area contributed by atoms with E-state index in [4.69, 9.17) is 20.3 Å². The van der Waals surface area contributed by atoms with E-state index < -0.39 is 0 Å². The number of nitrogens with two attached hydrogens (primary N) is 1. The van der Waals surface area contributed by atoms with Gasteiger partial charge in [-0.2, -0.15) is 0 Å². The van der Waals surface area contributed by atoms with Gasteiger partial charge in [0, 0.05) is 18.5 Å². The summed E-state index contributed by atoms with van der Waals surface area (Å²) in [6, 6.07) is 4.76. The van der Waals surface area contributed by atoms with Gasteiger partial charge in [-0.25, -0.2) is 0 Å². The minimum atomic E-state index is -0.362. The second-order valence-corrected chi connectivity index (χ2v) is 4.85. The molecule has 1 heterocycles. The minimum Gasteiger partial charge on any atom is -0.508 e. The molecule has 1 fully saturated rings. The average Bonchev–Trinajstić information content (AvgIpc) is 2.43. The van der Waals surface area contributed by atoms with E-state index in [1.54, 1.807) is 18.2 Å². The van der Waals surface area contributed by atoms with Crippen molar-refractivity contribution in [1.29, 1.82) is 0 Å². The van der Waals surface area contributed by atoms with Crippen LogP contribution in [0.4, 0.5) is 0 Å². The van der Waals surface area contributed by atoms with Crippen molar-refractivity contribution in [3.8, 4) is 11.5 Å². The molecule has 0 aliphatic carbocycles. The third-order valence-corrected chi connectivity index (χ3v) is 3.18. The third-order valence-electron chi connectivity index (χ3n) is 3.18. The normalized spacial score (nSPS) is 20.0. The van der Waals surface area contributed by atoms with Gasteiger partial charge in [0.15, 0.2) is 6.29 Å². The summed E-state index contributed by atoms with van der Waals surface area (Å²) in [6.45, 7) is 0.619. The largest absolute Gasteiger partial charge is 0.508 e. The molecule has 0 spiro atoms. The summed E-state index contributed by atoms with van der Waals surface area (Å²) in [4.78, 5) is 0. The number of halogens is 1. The number of aromatic hydroxyl groups is 1. The zero-order chi connectivity index (χ0) is 13.7. The Kier molecular flexibility index (Phi) is 7.09. The Morgan fingerprint density at radius 1 is 1.40 bits per heavy atom. The van der Waals surface area contributed by atoms with Gasteiger partial charge >= 0.3 is 0 Å². The topological polar surface area (TPSA) is 84.9 Å². The summed E-state index contributed by atoms with van der Waals surface area (Å²) < 4.78 is 11.1. The molecule has 0 aromatic heterocycles. The highest BCUT2D eigenvalue weighted by Gasteiger charge is 2.16. The molecule has 2 atom stereocenters. The molecule has 0 radical (unpaired) electrons. The van der Waals surface area contributed by atoms with Crippen LogP contribution >= 0.6 is 12.4 Å². The maximum atomic E-state index is 9.91. The zero-order valence-corrected chi connectivity index (χ0v) is 12.1. The van der Waals surface area contributed by atoms with Gasteiger partial charge in [-0.3, -0.25) is 0 Å². The van der Waals surface area contributed by atoms with Gasteiger partial charge in [0.1, 0.15) is 11.5 Å². The quantitative estimate of drug-likeness (QED) is 0.769. The number of phenolic OH excluding ortho intramolecular Hbond substituents is 1. The van der Waals surface area contributed by atoms with E-state index in [1.165, 1.54) is 0 Å².